The fourth-order valence-electron chi connectivity index (χ4n) is 3.91. The number of amides is 2. The second-order valence-corrected chi connectivity index (χ2v) is 10.9. The summed E-state index contributed by atoms with van der Waals surface area (Å²) in [5.41, 5.74) is -0.776. The van der Waals surface area contributed by atoms with Crippen molar-refractivity contribution in [3.05, 3.63) is 95.0 Å². The number of rotatable bonds is 10. The van der Waals surface area contributed by atoms with E-state index in [1.54, 1.807) is 6.07 Å². The van der Waals surface area contributed by atoms with Crippen LogP contribution in [-0.2, 0) is 32.2 Å². The van der Waals surface area contributed by atoms with Crippen molar-refractivity contribution in [1.29, 1.82) is 0 Å². The van der Waals surface area contributed by atoms with Crippen LogP contribution >= 0.6 is 11.6 Å². The standard InChI is InChI=1S/C27H27ClF3N3O4S/c1-19(26(36)32-2)33(16-15-20-9-5-3-6-10-20)25(35)18-34(39(37,38)22-11-7-4-8-12-22)21-13-14-24(28)23(17-21)27(29,30)31/h3-14,17,19H,15-16,18H2,1-2H3,(H,32,36)/t19-/m1/s1. The van der Waals surface area contributed by atoms with Crippen molar-refractivity contribution in [3.8, 4) is 0 Å². The van der Waals surface area contributed by atoms with E-state index >= 15 is 0 Å². The minimum Gasteiger partial charge on any atom is -0.357 e. The van der Waals surface area contributed by atoms with E-state index in [1.807, 2.05) is 30.3 Å². The van der Waals surface area contributed by atoms with Gasteiger partial charge in [0.15, 0.2) is 0 Å². The molecule has 0 saturated heterocycles. The summed E-state index contributed by atoms with van der Waals surface area (Å²) in [6.45, 7) is 0.694. The molecule has 0 fully saturated rings. The summed E-state index contributed by atoms with van der Waals surface area (Å²) in [5.74, 6) is -1.26. The third-order valence-electron chi connectivity index (χ3n) is 6.05. The lowest BCUT2D eigenvalue weighted by atomic mass is 10.1. The Labute approximate surface area is 230 Å². The van der Waals surface area contributed by atoms with Crippen LogP contribution in [-0.4, -0.2) is 51.3 Å². The van der Waals surface area contributed by atoms with Gasteiger partial charge < -0.3 is 10.2 Å². The summed E-state index contributed by atoms with van der Waals surface area (Å²) in [5, 5.41) is 1.85. The van der Waals surface area contributed by atoms with Gasteiger partial charge in [-0.1, -0.05) is 60.1 Å². The zero-order chi connectivity index (χ0) is 28.8. The Morgan fingerprint density at radius 1 is 0.974 bits per heavy atom. The van der Waals surface area contributed by atoms with Crippen LogP contribution in [0.2, 0.25) is 5.02 Å². The molecule has 0 aliphatic rings. The van der Waals surface area contributed by atoms with Crippen molar-refractivity contribution in [1.82, 2.24) is 10.2 Å². The fraction of sp³-hybridized carbons (Fsp3) is 0.259. The van der Waals surface area contributed by atoms with Gasteiger partial charge in [-0.15, -0.1) is 0 Å². The van der Waals surface area contributed by atoms with E-state index in [1.165, 1.54) is 43.1 Å². The normalized spacial score (nSPS) is 12.5. The first-order chi connectivity index (χ1) is 18.4. The number of sulfonamides is 1. The second kappa shape index (κ2) is 12.5. The molecule has 3 rings (SSSR count). The summed E-state index contributed by atoms with van der Waals surface area (Å²) in [6, 6.07) is 17.8. The van der Waals surface area contributed by atoms with Gasteiger partial charge in [0.2, 0.25) is 11.8 Å². The van der Waals surface area contributed by atoms with Crippen molar-refractivity contribution in [3.63, 3.8) is 0 Å². The van der Waals surface area contributed by atoms with Crippen LogP contribution in [0.1, 0.15) is 18.1 Å². The molecule has 12 heteroatoms. The maximum atomic E-state index is 13.6. The highest BCUT2D eigenvalue weighted by Crippen LogP contribution is 2.38. The van der Waals surface area contributed by atoms with Gasteiger partial charge >= 0.3 is 6.18 Å². The number of anilines is 1. The van der Waals surface area contributed by atoms with Crippen LogP contribution in [0, 0.1) is 0 Å². The van der Waals surface area contributed by atoms with E-state index in [0.717, 1.165) is 17.7 Å². The zero-order valence-corrected chi connectivity index (χ0v) is 22.7. The van der Waals surface area contributed by atoms with Crippen LogP contribution in [0.4, 0.5) is 18.9 Å². The van der Waals surface area contributed by atoms with Gasteiger partial charge in [-0.3, -0.25) is 13.9 Å². The number of alkyl halides is 3. The van der Waals surface area contributed by atoms with Crippen molar-refractivity contribution >= 4 is 39.1 Å². The van der Waals surface area contributed by atoms with Gasteiger partial charge in [-0.2, -0.15) is 13.2 Å². The SMILES string of the molecule is CNC(=O)[C@@H](C)N(CCc1ccccc1)C(=O)CN(c1ccc(Cl)c(C(F)(F)F)c1)S(=O)(=O)c1ccccc1. The van der Waals surface area contributed by atoms with Crippen molar-refractivity contribution in [2.45, 2.75) is 30.5 Å². The van der Waals surface area contributed by atoms with Crippen molar-refractivity contribution < 1.29 is 31.2 Å². The Bertz CT molecular complexity index is 1400. The molecule has 0 spiro atoms. The lowest BCUT2D eigenvalue weighted by Crippen LogP contribution is -2.51. The number of carbonyl (C=O) groups is 2. The Morgan fingerprint density at radius 3 is 2.13 bits per heavy atom. The monoisotopic (exact) mass is 581 g/mol. The summed E-state index contributed by atoms with van der Waals surface area (Å²) < 4.78 is 68.8. The predicted octanol–water partition coefficient (Wildman–Crippen LogP) is 4.76. The molecule has 0 radical (unpaired) electrons. The lowest BCUT2D eigenvalue weighted by molar-refractivity contribution is -0.138. The molecule has 1 atom stereocenters. The highest BCUT2D eigenvalue weighted by Gasteiger charge is 2.36. The number of nitrogens with zero attached hydrogens (tertiary/aromatic N) is 2. The van der Waals surface area contributed by atoms with Crippen LogP contribution in [0.5, 0.6) is 0 Å². The largest absolute Gasteiger partial charge is 0.417 e. The lowest BCUT2D eigenvalue weighted by Gasteiger charge is -2.32. The van der Waals surface area contributed by atoms with E-state index in [2.05, 4.69) is 5.32 Å². The minimum absolute atomic E-state index is 0.0606. The van der Waals surface area contributed by atoms with Gasteiger partial charge in [0.25, 0.3) is 10.0 Å². The number of carbonyl (C=O) groups excluding carboxylic acids is 2. The molecule has 3 aromatic carbocycles. The van der Waals surface area contributed by atoms with Crippen molar-refractivity contribution in [2.75, 3.05) is 24.4 Å². The first kappa shape index (κ1) is 30.0. The molecule has 208 valence electrons. The topological polar surface area (TPSA) is 86.8 Å². The molecule has 7 nitrogen and oxygen atoms in total. The van der Waals surface area contributed by atoms with Crippen LogP contribution < -0.4 is 9.62 Å². The second-order valence-electron chi connectivity index (χ2n) is 8.60. The predicted molar refractivity (Wildman–Crippen MR) is 143 cm³/mol. The molecule has 2 amide bonds. The molecule has 0 aliphatic carbocycles. The molecule has 3 aromatic rings. The third-order valence-corrected chi connectivity index (χ3v) is 8.17. The summed E-state index contributed by atoms with van der Waals surface area (Å²) >= 11 is 5.76. The summed E-state index contributed by atoms with van der Waals surface area (Å²) in [4.78, 5) is 27.1. The van der Waals surface area contributed by atoms with E-state index in [0.29, 0.717) is 16.8 Å². The van der Waals surface area contributed by atoms with Crippen LogP contribution in [0.25, 0.3) is 0 Å². The fourth-order valence-corrected chi connectivity index (χ4v) is 5.56. The molecule has 0 saturated carbocycles. The summed E-state index contributed by atoms with van der Waals surface area (Å²) in [6.07, 6.45) is -4.51. The van der Waals surface area contributed by atoms with E-state index < -0.39 is 56.9 Å². The molecular formula is C27H27ClF3N3O4S. The number of likely N-dealkylation sites (N-methyl/N-ethyl adjacent to an activating group) is 1. The average Bonchev–Trinajstić information content (AvgIpc) is 2.92. The average molecular weight is 582 g/mol. The van der Waals surface area contributed by atoms with Crippen LogP contribution in [0.15, 0.2) is 83.8 Å². The van der Waals surface area contributed by atoms with E-state index in [-0.39, 0.29) is 11.4 Å². The van der Waals surface area contributed by atoms with Crippen LogP contribution in [0.3, 0.4) is 0 Å². The third kappa shape index (κ3) is 7.30. The van der Waals surface area contributed by atoms with Crippen molar-refractivity contribution in [2.24, 2.45) is 0 Å². The van der Waals surface area contributed by atoms with E-state index in [4.69, 9.17) is 11.6 Å². The zero-order valence-electron chi connectivity index (χ0n) is 21.2. The molecule has 0 aromatic heterocycles. The van der Waals surface area contributed by atoms with Gasteiger partial charge in [-0.25, -0.2) is 8.42 Å². The first-order valence-corrected chi connectivity index (χ1v) is 13.7. The Hall–Kier alpha value is -3.57. The molecule has 1 N–H and O–H groups in total. The van der Waals surface area contributed by atoms with Gasteiger partial charge in [0, 0.05) is 13.6 Å². The molecular weight excluding hydrogens is 555 g/mol. The minimum atomic E-state index is -4.87. The highest BCUT2D eigenvalue weighted by atomic mass is 35.5. The van der Waals surface area contributed by atoms with Gasteiger partial charge in [-0.05, 0) is 49.2 Å². The quantitative estimate of drug-likeness (QED) is 0.374. The first-order valence-electron chi connectivity index (χ1n) is 11.9. The number of hydrogen-bond donors (Lipinski definition) is 1. The smallest absolute Gasteiger partial charge is 0.357 e. The molecule has 0 heterocycles. The van der Waals surface area contributed by atoms with Gasteiger partial charge in [0.1, 0.15) is 12.6 Å². The number of nitrogens with one attached hydrogen (secondary N) is 1. The molecule has 39 heavy (non-hydrogen) atoms. The number of halogens is 4. The maximum Gasteiger partial charge on any atom is 0.417 e. The van der Waals surface area contributed by atoms with Gasteiger partial charge in [0.05, 0.1) is 21.2 Å². The number of hydrogen-bond acceptors (Lipinski definition) is 4. The Morgan fingerprint density at radius 2 is 1.56 bits per heavy atom. The maximum absolute atomic E-state index is 13.6. The Kier molecular flexibility index (Phi) is 9.63. The number of benzene rings is 3. The molecule has 0 aliphatic heterocycles. The molecule has 0 unspecified atom stereocenters. The molecule has 0 bridgehead atoms. The summed E-state index contributed by atoms with van der Waals surface area (Å²) in [7, 11) is -3.10. The highest BCUT2D eigenvalue weighted by molar-refractivity contribution is 7.92. The van der Waals surface area contributed by atoms with E-state index in [9.17, 15) is 31.2 Å². The Balaban J connectivity index is 2.06.